The molecular weight excluding hydrogens is 214 g/mol. The van der Waals surface area contributed by atoms with E-state index in [1.807, 2.05) is 6.92 Å². The number of halogens is 1. The molecule has 0 amide bonds. The molecular formula is C10H16ClN3O. The Labute approximate surface area is 95.0 Å². The third kappa shape index (κ3) is 3.55. The molecule has 1 rings (SSSR count). The van der Waals surface area contributed by atoms with E-state index < -0.39 is 0 Å². The summed E-state index contributed by atoms with van der Waals surface area (Å²) in [6.07, 6.45) is 3.71. The maximum Gasteiger partial charge on any atom is 0.237 e. The molecule has 1 unspecified atom stereocenters. The summed E-state index contributed by atoms with van der Waals surface area (Å²) in [6.45, 7) is 4.11. The Kier molecular flexibility index (Phi) is 4.62. The molecule has 0 aromatic carbocycles. The van der Waals surface area contributed by atoms with E-state index in [0.29, 0.717) is 16.9 Å². The lowest BCUT2D eigenvalue weighted by atomic mass is 10.2. The molecule has 84 valence electrons. The number of rotatable bonds is 5. The van der Waals surface area contributed by atoms with Gasteiger partial charge in [-0.2, -0.15) is 4.98 Å². The second-order valence-electron chi connectivity index (χ2n) is 3.31. The van der Waals surface area contributed by atoms with Gasteiger partial charge < -0.3 is 10.1 Å². The van der Waals surface area contributed by atoms with Crippen LogP contribution in [0.15, 0.2) is 6.20 Å². The number of hydrogen-bond acceptors (Lipinski definition) is 4. The fourth-order valence-electron chi connectivity index (χ4n) is 1.21. The zero-order valence-electron chi connectivity index (χ0n) is 9.25. The third-order valence-corrected chi connectivity index (χ3v) is 2.20. The van der Waals surface area contributed by atoms with Crippen molar-refractivity contribution in [2.45, 2.75) is 32.8 Å². The monoisotopic (exact) mass is 229 g/mol. The average Bonchev–Trinajstić information content (AvgIpc) is 2.21. The number of ether oxygens (including phenoxy) is 1. The van der Waals surface area contributed by atoms with E-state index in [0.717, 1.165) is 12.8 Å². The second kappa shape index (κ2) is 5.75. The van der Waals surface area contributed by atoms with Gasteiger partial charge in [0.1, 0.15) is 5.02 Å². The van der Waals surface area contributed by atoms with E-state index in [4.69, 9.17) is 16.3 Å². The molecule has 15 heavy (non-hydrogen) atoms. The van der Waals surface area contributed by atoms with Gasteiger partial charge >= 0.3 is 0 Å². The molecule has 5 heteroatoms. The summed E-state index contributed by atoms with van der Waals surface area (Å²) in [4.78, 5) is 8.11. The minimum atomic E-state index is 0.118. The molecule has 1 atom stereocenters. The Hall–Kier alpha value is -1.03. The first-order chi connectivity index (χ1) is 7.17. The van der Waals surface area contributed by atoms with Crippen LogP contribution in [0, 0.1) is 0 Å². The van der Waals surface area contributed by atoms with Crippen LogP contribution >= 0.6 is 11.6 Å². The maximum atomic E-state index is 5.92. The number of hydrogen-bond donors (Lipinski definition) is 1. The Morgan fingerprint density at radius 2 is 2.33 bits per heavy atom. The molecule has 1 aromatic rings. The van der Waals surface area contributed by atoms with Gasteiger partial charge in [0.2, 0.25) is 11.8 Å². The first-order valence-corrected chi connectivity index (χ1v) is 5.42. The SMILES string of the molecule is CCCC(C)Oc1nc(NC)ncc1Cl. The number of aromatic nitrogens is 2. The van der Waals surface area contributed by atoms with Crippen molar-refractivity contribution in [2.24, 2.45) is 0 Å². The van der Waals surface area contributed by atoms with Crippen molar-refractivity contribution in [2.75, 3.05) is 12.4 Å². The summed E-state index contributed by atoms with van der Waals surface area (Å²) in [7, 11) is 1.75. The van der Waals surface area contributed by atoms with E-state index in [1.54, 1.807) is 7.05 Å². The molecule has 0 saturated heterocycles. The Morgan fingerprint density at radius 1 is 1.60 bits per heavy atom. The number of nitrogens with one attached hydrogen (secondary N) is 1. The van der Waals surface area contributed by atoms with Crippen LogP contribution in [-0.4, -0.2) is 23.1 Å². The molecule has 4 nitrogen and oxygen atoms in total. The Bertz CT molecular complexity index is 320. The van der Waals surface area contributed by atoms with Crippen LogP contribution in [0.4, 0.5) is 5.95 Å². The van der Waals surface area contributed by atoms with Gasteiger partial charge in [-0.05, 0) is 13.3 Å². The predicted molar refractivity (Wildman–Crippen MR) is 61.6 cm³/mol. The van der Waals surface area contributed by atoms with Crippen LogP contribution in [0.25, 0.3) is 0 Å². The summed E-state index contributed by atoms with van der Waals surface area (Å²) in [5, 5.41) is 3.28. The van der Waals surface area contributed by atoms with Gasteiger partial charge in [0.25, 0.3) is 0 Å². The normalized spacial score (nSPS) is 12.3. The highest BCUT2D eigenvalue weighted by atomic mass is 35.5. The smallest absolute Gasteiger partial charge is 0.237 e. The number of nitrogens with zero attached hydrogens (tertiary/aromatic N) is 2. The fourth-order valence-corrected chi connectivity index (χ4v) is 1.35. The van der Waals surface area contributed by atoms with Crippen molar-refractivity contribution in [3.8, 4) is 5.88 Å². The number of anilines is 1. The largest absolute Gasteiger partial charge is 0.473 e. The molecule has 0 fully saturated rings. The first kappa shape index (κ1) is 12.0. The molecule has 0 bridgehead atoms. The van der Waals surface area contributed by atoms with Gasteiger partial charge in [-0.15, -0.1) is 0 Å². The highest BCUT2D eigenvalue weighted by Gasteiger charge is 2.09. The van der Waals surface area contributed by atoms with Gasteiger partial charge in [-0.25, -0.2) is 4.98 Å². The predicted octanol–water partition coefficient (Wildman–Crippen LogP) is 2.74. The molecule has 0 saturated carbocycles. The lowest BCUT2D eigenvalue weighted by molar-refractivity contribution is 0.201. The highest BCUT2D eigenvalue weighted by Crippen LogP contribution is 2.23. The van der Waals surface area contributed by atoms with Crippen molar-refractivity contribution in [1.29, 1.82) is 0 Å². The molecule has 1 heterocycles. The van der Waals surface area contributed by atoms with Gasteiger partial charge in [0.15, 0.2) is 0 Å². The average molecular weight is 230 g/mol. The van der Waals surface area contributed by atoms with Crippen molar-refractivity contribution in [1.82, 2.24) is 9.97 Å². The van der Waals surface area contributed by atoms with Crippen LogP contribution in [0.5, 0.6) is 5.88 Å². The molecule has 1 N–H and O–H groups in total. The zero-order valence-corrected chi connectivity index (χ0v) is 10.0. The summed E-state index contributed by atoms with van der Waals surface area (Å²) in [6, 6.07) is 0. The topological polar surface area (TPSA) is 47.0 Å². The van der Waals surface area contributed by atoms with Gasteiger partial charge in [-0.1, -0.05) is 24.9 Å². The van der Waals surface area contributed by atoms with Crippen LogP contribution in [0.1, 0.15) is 26.7 Å². The summed E-state index contributed by atoms with van der Waals surface area (Å²) >= 11 is 5.92. The van der Waals surface area contributed by atoms with Gasteiger partial charge in [0, 0.05) is 7.05 Å². The quantitative estimate of drug-likeness (QED) is 0.844. The van der Waals surface area contributed by atoms with Crippen molar-refractivity contribution in [3.63, 3.8) is 0 Å². The lowest BCUT2D eigenvalue weighted by Gasteiger charge is -2.14. The maximum absolute atomic E-state index is 5.92. The highest BCUT2D eigenvalue weighted by molar-refractivity contribution is 6.31. The van der Waals surface area contributed by atoms with E-state index in [1.165, 1.54) is 6.20 Å². The zero-order chi connectivity index (χ0) is 11.3. The fraction of sp³-hybridized carbons (Fsp3) is 0.600. The van der Waals surface area contributed by atoms with E-state index >= 15 is 0 Å². The third-order valence-electron chi connectivity index (χ3n) is 1.94. The van der Waals surface area contributed by atoms with E-state index in [9.17, 15) is 0 Å². The minimum Gasteiger partial charge on any atom is -0.473 e. The van der Waals surface area contributed by atoms with E-state index in [-0.39, 0.29) is 6.10 Å². The summed E-state index contributed by atoms with van der Waals surface area (Å²) in [5.41, 5.74) is 0. The minimum absolute atomic E-state index is 0.118. The Morgan fingerprint density at radius 3 is 2.93 bits per heavy atom. The second-order valence-corrected chi connectivity index (χ2v) is 3.72. The van der Waals surface area contributed by atoms with Crippen molar-refractivity contribution < 1.29 is 4.74 Å². The summed E-state index contributed by atoms with van der Waals surface area (Å²) < 4.78 is 5.60. The standard InChI is InChI=1S/C10H16ClN3O/c1-4-5-7(2)15-9-8(11)6-13-10(12-3)14-9/h6-7H,4-5H2,1-3H3,(H,12,13,14). The first-order valence-electron chi connectivity index (χ1n) is 5.04. The van der Waals surface area contributed by atoms with Crippen LogP contribution < -0.4 is 10.1 Å². The van der Waals surface area contributed by atoms with Gasteiger partial charge in [0.05, 0.1) is 12.3 Å². The lowest BCUT2D eigenvalue weighted by Crippen LogP contribution is -2.13. The molecule has 0 aliphatic carbocycles. The molecule has 0 radical (unpaired) electrons. The molecule has 1 aromatic heterocycles. The molecule has 0 spiro atoms. The van der Waals surface area contributed by atoms with Crippen LogP contribution in [0.2, 0.25) is 5.02 Å². The van der Waals surface area contributed by atoms with E-state index in [2.05, 4.69) is 22.2 Å². The molecule has 0 aliphatic rings. The summed E-state index contributed by atoms with van der Waals surface area (Å²) in [5.74, 6) is 0.954. The van der Waals surface area contributed by atoms with Crippen LogP contribution in [-0.2, 0) is 0 Å². The van der Waals surface area contributed by atoms with Crippen LogP contribution in [0.3, 0.4) is 0 Å². The molecule has 0 aliphatic heterocycles. The van der Waals surface area contributed by atoms with Crippen molar-refractivity contribution >= 4 is 17.5 Å². The van der Waals surface area contributed by atoms with Crippen molar-refractivity contribution in [3.05, 3.63) is 11.2 Å². The Balaban J connectivity index is 2.74. The van der Waals surface area contributed by atoms with Gasteiger partial charge in [-0.3, -0.25) is 0 Å².